The van der Waals surface area contributed by atoms with Crippen LogP contribution in [0.25, 0.3) is 11.0 Å². The fourth-order valence-electron chi connectivity index (χ4n) is 4.20. The molecule has 0 radical (unpaired) electrons. The van der Waals surface area contributed by atoms with Crippen LogP contribution in [0.15, 0.2) is 54.7 Å². The van der Waals surface area contributed by atoms with E-state index in [1.54, 1.807) is 0 Å². The van der Waals surface area contributed by atoms with E-state index in [1.165, 1.54) is 5.69 Å². The predicted molar refractivity (Wildman–Crippen MR) is 134 cm³/mol. The zero-order chi connectivity index (χ0) is 22.8. The lowest BCUT2D eigenvalue weighted by atomic mass is 10.1. The van der Waals surface area contributed by atoms with Crippen molar-refractivity contribution in [1.29, 1.82) is 0 Å². The second kappa shape index (κ2) is 9.59. The van der Waals surface area contributed by atoms with Gasteiger partial charge in [0.1, 0.15) is 11.3 Å². The summed E-state index contributed by atoms with van der Waals surface area (Å²) >= 11 is 12.7. The Morgan fingerprint density at radius 3 is 2.45 bits per heavy atom. The zero-order valence-corrected chi connectivity index (χ0v) is 19.6. The van der Waals surface area contributed by atoms with Crippen LogP contribution in [0.2, 0.25) is 10.0 Å². The monoisotopic (exact) mass is 481 g/mol. The van der Waals surface area contributed by atoms with Gasteiger partial charge in [0.25, 0.3) is 0 Å². The van der Waals surface area contributed by atoms with Crippen LogP contribution in [0.3, 0.4) is 0 Å². The summed E-state index contributed by atoms with van der Waals surface area (Å²) in [6.07, 6.45) is 3.96. The summed E-state index contributed by atoms with van der Waals surface area (Å²) in [6.45, 7) is 2.23. The van der Waals surface area contributed by atoms with Crippen LogP contribution >= 0.6 is 23.2 Å². The van der Waals surface area contributed by atoms with Crippen molar-refractivity contribution in [3.8, 4) is 0 Å². The van der Waals surface area contributed by atoms with E-state index in [4.69, 9.17) is 33.2 Å². The smallest absolute Gasteiger partial charge is 0.154 e. The lowest BCUT2D eigenvalue weighted by Gasteiger charge is -2.31. The number of nitrogens with zero attached hydrogens (tertiary/aromatic N) is 3. The van der Waals surface area contributed by atoms with Gasteiger partial charge in [0.15, 0.2) is 5.82 Å². The number of aromatic amines is 1. The highest BCUT2D eigenvalue weighted by Crippen LogP contribution is 2.27. The largest absolute Gasteiger partial charge is 0.393 e. The topological polar surface area (TPSA) is 77.1 Å². The molecule has 170 valence electrons. The minimum absolute atomic E-state index is 0.169. The Morgan fingerprint density at radius 2 is 1.73 bits per heavy atom. The summed E-state index contributed by atoms with van der Waals surface area (Å²) < 4.78 is 0. The first-order valence-electron chi connectivity index (χ1n) is 11.1. The van der Waals surface area contributed by atoms with Gasteiger partial charge in [-0.25, -0.2) is 9.97 Å². The van der Waals surface area contributed by atoms with E-state index < -0.39 is 0 Å². The molecule has 1 aliphatic rings. The van der Waals surface area contributed by atoms with E-state index in [1.807, 2.05) is 30.5 Å². The van der Waals surface area contributed by atoms with Gasteiger partial charge in [-0.1, -0.05) is 41.4 Å². The third-order valence-corrected chi connectivity index (χ3v) is 6.78. The van der Waals surface area contributed by atoms with E-state index in [0.29, 0.717) is 23.0 Å². The van der Waals surface area contributed by atoms with Gasteiger partial charge in [-0.15, -0.1) is 0 Å². The number of halogens is 2. The molecule has 5 rings (SSSR count). The molecule has 0 amide bonds. The normalized spacial score (nSPS) is 14.7. The number of hydrogen-bond acceptors (Lipinski definition) is 5. The van der Waals surface area contributed by atoms with Gasteiger partial charge in [-0.05, 0) is 48.7 Å². The first-order valence-corrected chi connectivity index (χ1v) is 11.8. The highest BCUT2D eigenvalue weighted by Gasteiger charge is 2.17. The first kappa shape index (κ1) is 22.0. The van der Waals surface area contributed by atoms with Gasteiger partial charge in [0.2, 0.25) is 0 Å². The van der Waals surface area contributed by atoms with Crippen molar-refractivity contribution in [3.05, 3.63) is 81.7 Å². The summed E-state index contributed by atoms with van der Waals surface area (Å²) in [5.41, 5.74) is 4.87. The molecule has 2 aromatic heterocycles. The number of H-pyrrole nitrogens is 1. The Bertz CT molecular complexity index is 1230. The lowest BCUT2D eigenvalue weighted by Crippen LogP contribution is -2.35. The first-order chi connectivity index (χ1) is 16.1. The molecule has 4 aromatic rings. The van der Waals surface area contributed by atoms with E-state index in [-0.39, 0.29) is 6.10 Å². The van der Waals surface area contributed by atoms with Gasteiger partial charge in [0, 0.05) is 53.5 Å². The third kappa shape index (κ3) is 4.93. The third-order valence-electron chi connectivity index (χ3n) is 6.07. The van der Waals surface area contributed by atoms with Crippen LogP contribution in [-0.4, -0.2) is 39.3 Å². The lowest BCUT2D eigenvalue weighted by molar-refractivity contribution is 0.145. The summed E-state index contributed by atoms with van der Waals surface area (Å²) in [4.78, 5) is 15.0. The molecule has 1 aliphatic heterocycles. The number of fused-ring (bicyclic) bond motifs is 1. The van der Waals surface area contributed by atoms with Crippen molar-refractivity contribution in [3.63, 3.8) is 0 Å². The van der Waals surface area contributed by atoms with Gasteiger partial charge in [0.05, 0.1) is 11.6 Å². The molecule has 0 atom stereocenters. The SMILES string of the molecule is OC1CCN(c2ccc(Cc3nc(NCc4c(Cl)cccc4Cl)c4[nH]ccc4n3)cc2)CC1. The van der Waals surface area contributed by atoms with E-state index in [2.05, 4.69) is 39.5 Å². The zero-order valence-electron chi connectivity index (χ0n) is 18.1. The Kier molecular flexibility index (Phi) is 6.40. The molecule has 3 heterocycles. The Hall–Kier alpha value is -2.80. The van der Waals surface area contributed by atoms with Crippen LogP contribution in [0.1, 0.15) is 29.8 Å². The molecule has 8 heteroatoms. The number of piperidine rings is 1. The van der Waals surface area contributed by atoms with Crippen molar-refractivity contribution in [2.24, 2.45) is 0 Å². The second-order valence-corrected chi connectivity index (χ2v) is 9.16. The number of aliphatic hydroxyl groups is 1. The average Bonchev–Trinajstić information content (AvgIpc) is 3.29. The number of rotatable bonds is 6. The quantitative estimate of drug-likeness (QED) is 0.342. The molecule has 0 aliphatic carbocycles. The average molecular weight is 482 g/mol. The maximum absolute atomic E-state index is 9.73. The molecule has 1 fully saturated rings. The summed E-state index contributed by atoms with van der Waals surface area (Å²) in [5.74, 6) is 1.46. The number of aliphatic hydroxyl groups excluding tert-OH is 1. The molecular weight excluding hydrogens is 457 g/mol. The van der Waals surface area contributed by atoms with Crippen molar-refractivity contribution in [2.75, 3.05) is 23.3 Å². The number of hydrogen-bond donors (Lipinski definition) is 3. The van der Waals surface area contributed by atoms with Gasteiger partial charge in [-0.2, -0.15) is 0 Å². The number of benzene rings is 2. The highest BCUT2D eigenvalue weighted by molar-refractivity contribution is 6.36. The minimum Gasteiger partial charge on any atom is -0.393 e. The number of aromatic nitrogens is 3. The standard InChI is InChI=1S/C25H25Cl2N5O/c26-20-2-1-3-21(27)19(20)15-29-25-24-22(8-11-28-24)30-23(31-25)14-16-4-6-17(7-5-16)32-12-9-18(33)10-13-32/h1-8,11,18,28,33H,9-10,12-15H2,(H,29,30,31). The minimum atomic E-state index is -0.169. The van der Waals surface area contributed by atoms with Crippen molar-refractivity contribution < 1.29 is 5.11 Å². The predicted octanol–water partition coefficient (Wildman–Crippen LogP) is 5.43. The van der Waals surface area contributed by atoms with Crippen molar-refractivity contribution in [2.45, 2.75) is 31.9 Å². The van der Waals surface area contributed by atoms with Crippen LogP contribution in [0.4, 0.5) is 11.5 Å². The van der Waals surface area contributed by atoms with Crippen LogP contribution in [0.5, 0.6) is 0 Å². The van der Waals surface area contributed by atoms with Crippen LogP contribution in [0, 0.1) is 0 Å². The fourth-order valence-corrected chi connectivity index (χ4v) is 4.74. The molecule has 0 bridgehead atoms. The number of anilines is 2. The molecule has 2 aromatic carbocycles. The molecule has 6 nitrogen and oxygen atoms in total. The summed E-state index contributed by atoms with van der Waals surface area (Å²) in [5, 5.41) is 14.3. The molecule has 3 N–H and O–H groups in total. The maximum atomic E-state index is 9.73. The Labute approximate surface area is 202 Å². The van der Waals surface area contributed by atoms with Gasteiger partial charge in [-0.3, -0.25) is 0 Å². The second-order valence-electron chi connectivity index (χ2n) is 8.34. The van der Waals surface area contributed by atoms with Gasteiger partial charge >= 0.3 is 0 Å². The summed E-state index contributed by atoms with van der Waals surface area (Å²) in [7, 11) is 0. The van der Waals surface area contributed by atoms with Crippen molar-refractivity contribution in [1.82, 2.24) is 15.0 Å². The number of nitrogens with one attached hydrogen (secondary N) is 2. The maximum Gasteiger partial charge on any atom is 0.154 e. The molecule has 0 unspecified atom stereocenters. The van der Waals surface area contributed by atoms with E-state index >= 15 is 0 Å². The van der Waals surface area contributed by atoms with Crippen LogP contribution < -0.4 is 10.2 Å². The molecule has 0 saturated carbocycles. The summed E-state index contributed by atoms with van der Waals surface area (Å²) in [6, 6.07) is 16.0. The fraction of sp³-hybridized carbons (Fsp3) is 0.280. The molecule has 0 spiro atoms. The Morgan fingerprint density at radius 1 is 1.00 bits per heavy atom. The van der Waals surface area contributed by atoms with Crippen molar-refractivity contribution >= 4 is 45.7 Å². The Balaban J connectivity index is 1.34. The highest BCUT2D eigenvalue weighted by atomic mass is 35.5. The van der Waals surface area contributed by atoms with Gasteiger partial charge < -0.3 is 20.3 Å². The molecule has 33 heavy (non-hydrogen) atoms. The van der Waals surface area contributed by atoms with E-state index in [9.17, 15) is 5.11 Å². The van der Waals surface area contributed by atoms with Crippen LogP contribution in [-0.2, 0) is 13.0 Å². The van der Waals surface area contributed by atoms with E-state index in [0.717, 1.165) is 59.7 Å². The molecular formula is C25H25Cl2N5O. The molecule has 1 saturated heterocycles.